The molecule has 1 saturated heterocycles. The maximum absolute atomic E-state index is 13.5. The van der Waals surface area contributed by atoms with Gasteiger partial charge in [0.15, 0.2) is 5.60 Å². The molecule has 2 N–H and O–H groups in total. The molecule has 1 amide bonds. The van der Waals surface area contributed by atoms with Gasteiger partial charge in [-0.1, -0.05) is 67.4 Å². The summed E-state index contributed by atoms with van der Waals surface area (Å²) in [5, 5.41) is 15.0. The predicted molar refractivity (Wildman–Crippen MR) is 125 cm³/mol. The standard InChI is InChI=1S/C28H34N2O2/c31-27(28(32,21-13-5-6-14-21)20-11-2-1-3-12-20)29-26-23-17-30(18-24(23)26)25-16-8-10-19-9-4-7-15-22(19)25/h1-4,7,9,11-12,15,21,23-26,32H,5-6,8,10,13-14,16-18H2,(H,29,31). The molecule has 0 aromatic heterocycles. The van der Waals surface area contributed by atoms with Crippen molar-refractivity contribution in [3.05, 3.63) is 71.3 Å². The van der Waals surface area contributed by atoms with Crippen LogP contribution in [0.4, 0.5) is 0 Å². The first-order chi connectivity index (χ1) is 15.7. The van der Waals surface area contributed by atoms with Crippen molar-refractivity contribution in [3.8, 4) is 0 Å². The van der Waals surface area contributed by atoms with E-state index in [0.717, 1.165) is 44.3 Å². The van der Waals surface area contributed by atoms with Crippen molar-refractivity contribution in [2.75, 3.05) is 13.1 Å². The number of nitrogens with one attached hydrogen (secondary N) is 1. The van der Waals surface area contributed by atoms with E-state index in [2.05, 4.69) is 34.5 Å². The van der Waals surface area contributed by atoms with Crippen LogP contribution in [0.3, 0.4) is 0 Å². The number of benzene rings is 2. The van der Waals surface area contributed by atoms with Gasteiger partial charge in [-0.05, 0) is 60.6 Å². The highest BCUT2D eigenvalue weighted by molar-refractivity contribution is 5.87. The van der Waals surface area contributed by atoms with Crippen molar-refractivity contribution in [2.45, 2.75) is 62.6 Å². The molecule has 4 nitrogen and oxygen atoms in total. The van der Waals surface area contributed by atoms with Crippen molar-refractivity contribution >= 4 is 5.91 Å². The average Bonchev–Trinajstić information content (AvgIpc) is 3.26. The highest BCUT2D eigenvalue weighted by atomic mass is 16.3. The average molecular weight is 431 g/mol. The van der Waals surface area contributed by atoms with E-state index in [1.165, 1.54) is 30.4 Å². The van der Waals surface area contributed by atoms with Crippen LogP contribution >= 0.6 is 0 Å². The molecule has 168 valence electrons. The minimum Gasteiger partial charge on any atom is -0.375 e. The van der Waals surface area contributed by atoms with Gasteiger partial charge in [0.2, 0.25) is 0 Å². The lowest BCUT2D eigenvalue weighted by molar-refractivity contribution is -0.147. The van der Waals surface area contributed by atoms with Crippen molar-refractivity contribution in [1.82, 2.24) is 10.2 Å². The number of hydrogen-bond donors (Lipinski definition) is 2. The zero-order valence-corrected chi connectivity index (χ0v) is 18.7. The van der Waals surface area contributed by atoms with Crippen LogP contribution in [0, 0.1) is 17.8 Å². The number of fused-ring (bicyclic) bond motifs is 2. The predicted octanol–water partition coefficient (Wildman–Crippen LogP) is 4.19. The lowest BCUT2D eigenvalue weighted by Crippen LogP contribution is -2.51. The molecule has 2 saturated carbocycles. The molecule has 4 aliphatic rings. The summed E-state index contributed by atoms with van der Waals surface area (Å²) in [6.07, 6.45) is 7.74. The zero-order chi connectivity index (χ0) is 21.7. The number of hydrogen-bond acceptors (Lipinski definition) is 3. The normalized spacial score (nSPS) is 31.5. The number of aliphatic hydroxyl groups is 1. The van der Waals surface area contributed by atoms with Crippen LogP contribution in [0.5, 0.6) is 0 Å². The topological polar surface area (TPSA) is 52.6 Å². The van der Waals surface area contributed by atoms with Gasteiger partial charge in [-0.25, -0.2) is 0 Å². The summed E-state index contributed by atoms with van der Waals surface area (Å²) in [5.74, 6) is 0.886. The summed E-state index contributed by atoms with van der Waals surface area (Å²) in [5.41, 5.74) is 2.37. The number of amides is 1. The molecule has 32 heavy (non-hydrogen) atoms. The highest BCUT2D eigenvalue weighted by Gasteiger charge is 2.59. The monoisotopic (exact) mass is 430 g/mol. The van der Waals surface area contributed by atoms with E-state index in [1.54, 1.807) is 0 Å². The molecule has 4 unspecified atom stereocenters. The van der Waals surface area contributed by atoms with Gasteiger partial charge in [-0.15, -0.1) is 0 Å². The third-order valence-electron chi connectivity index (χ3n) is 8.80. The summed E-state index contributed by atoms with van der Waals surface area (Å²) in [4.78, 5) is 16.2. The van der Waals surface area contributed by atoms with Crippen LogP contribution < -0.4 is 5.32 Å². The Kier molecular flexibility index (Phi) is 5.11. The smallest absolute Gasteiger partial charge is 0.257 e. The van der Waals surface area contributed by atoms with E-state index in [0.29, 0.717) is 17.9 Å². The summed E-state index contributed by atoms with van der Waals surface area (Å²) < 4.78 is 0. The third kappa shape index (κ3) is 3.31. The van der Waals surface area contributed by atoms with Gasteiger partial charge in [0.25, 0.3) is 5.91 Å². The molecule has 0 spiro atoms. The van der Waals surface area contributed by atoms with Crippen molar-refractivity contribution in [1.29, 1.82) is 0 Å². The lowest BCUT2D eigenvalue weighted by Gasteiger charge is -2.36. The van der Waals surface area contributed by atoms with Gasteiger partial charge in [0.05, 0.1) is 0 Å². The second-order valence-electron chi connectivity index (χ2n) is 10.5. The van der Waals surface area contributed by atoms with Gasteiger partial charge >= 0.3 is 0 Å². The molecule has 2 aromatic rings. The SMILES string of the molecule is O=C(NC1C2CN(C3CCCc4ccccc43)CC21)C(O)(c1ccccc1)C1CCCC1. The molecule has 4 heteroatoms. The van der Waals surface area contributed by atoms with Crippen molar-refractivity contribution < 1.29 is 9.90 Å². The first-order valence-electron chi connectivity index (χ1n) is 12.6. The van der Waals surface area contributed by atoms with Crippen LogP contribution in [-0.4, -0.2) is 35.0 Å². The van der Waals surface area contributed by atoms with Gasteiger partial charge in [0, 0.05) is 31.1 Å². The van der Waals surface area contributed by atoms with Gasteiger partial charge < -0.3 is 10.4 Å². The van der Waals surface area contributed by atoms with E-state index < -0.39 is 5.60 Å². The summed E-state index contributed by atoms with van der Waals surface area (Å²) >= 11 is 0. The molecule has 4 atom stereocenters. The molecule has 1 heterocycles. The fourth-order valence-corrected chi connectivity index (χ4v) is 6.98. The van der Waals surface area contributed by atoms with Crippen LogP contribution in [0.2, 0.25) is 0 Å². The summed E-state index contributed by atoms with van der Waals surface area (Å²) in [6, 6.07) is 19.3. The Balaban J connectivity index is 1.14. The number of carbonyl (C=O) groups is 1. The molecule has 0 radical (unpaired) electrons. The van der Waals surface area contributed by atoms with E-state index in [4.69, 9.17) is 0 Å². The number of aryl methyl sites for hydroxylation is 1. The third-order valence-corrected chi connectivity index (χ3v) is 8.80. The van der Waals surface area contributed by atoms with E-state index in [1.807, 2.05) is 30.3 Å². The Morgan fingerprint density at radius 1 is 0.906 bits per heavy atom. The number of likely N-dealkylation sites (tertiary alicyclic amines) is 1. The largest absolute Gasteiger partial charge is 0.375 e. The highest BCUT2D eigenvalue weighted by Crippen LogP contribution is 2.50. The Morgan fingerprint density at radius 2 is 1.59 bits per heavy atom. The maximum Gasteiger partial charge on any atom is 0.257 e. The van der Waals surface area contributed by atoms with Crippen LogP contribution in [0.15, 0.2) is 54.6 Å². The van der Waals surface area contributed by atoms with E-state index >= 15 is 0 Å². The Labute approximate surface area is 191 Å². The molecule has 3 fully saturated rings. The number of piperidine rings is 1. The first kappa shape index (κ1) is 20.4. The lowest BCUT2D eigenvalue weighted by atomic mass is 9.79. The number of rotatable bonds is 5. The minimum atomic E-state index is -1.41. The Morgan fingerprint density at radius 3 is 2.34 bits per heavy atom. The second-order valence-corrected chi connectivity index (χ2v) is 10.5. The molecular formula is C28H34N2O2. The van der Waals surface area contributed by atoms with Crippen LogP contribution in [0.25, 0.3) is 0 Å². The van der Waals surface area contributed by atoms with Crippen molar-refractivity contribution in [2.24, 2.45) is 17.8 Å². The maximum atomic E-state index is 13.5. The second kappa shape index (κ2) is 8.00. The van der Waals surface area contributed by atoms with E-state index in [9.17, 15) is 9.90 Å². The first-order valence-corrected chi connectivity index (χ1v) is 12.6. The molecule has 6 rings (SSSR count). The minimum absolute atomic E-state index is 0.0127. The Hall–Kier alpha value is -2.17. The van der Waals surface area contributed by atoms with Gasteiger partial charge in [0.1, 0.15) is 0 Å². The molecule has 2 aromatic carbocycles. The quantitative estimate of drug-likeness (QED) is 0.748. The fourth-order valence-electron chi connectivity index (χ4n) is 6.98. The molecular weight excluding hydrogens is 396 g/mol. The summed E-state index contributed by atoms with van der Waals surface area (Å²) in [6.45, 7) is 2.11. The number of carbonyl (C=O) groups excluding carboxylic acids is 1. The van der Waals surface area contributed by atoms with Crippen molar-refractivity contribution in [3.63, 3.8) is 0 Å². The van der Waals surface area contributed by atoms with Crippen LogP contribution in [0.1, 0.15) is 61.3 Å². The zero-order valence-electron chi connectivity index (χ0n) is 18.7. The van der Waals surface area contributed by atoms with Gasteiger partial charge in [-0.3, -0.25) is 9.69 Å². The fraction of sp³-hybridized carbons (Fsp3) is 0.536. The van der Waals surface area contributed by atoms with E-state index in [-0.39, 0.29) is 17.9 Å². The van der Waals surface area contributed by atoms with Gasteiger partial charge in [-0.2, -0.15) is 0 Å². The molecule has 3 aliphatic carbocycles. The summed E-state index contributed by atoms with van der Waals surface area (Å²) in [7, 11) is 0. The van der Waals surface area contributed by atoms with Crippen LogP contribution in [-0.2, 0) is 16.8 Å². The number of nitrogens with zero attached hydrogens (tertiary/aromatic N) is 1. The Bertz CT molecular complexity index is 974. The molecule has 1 aliphatic heterocycles. The molecule has 0 bridgehead atoms.